The van der Waals surface area contributed by atoms with Gasteiger partial charge in [0.05, 0.1) is 6.21 Å². The van der Waals surface area contributed by atoms with E-state index in [4.69, 9.17) is 4.42 Å². The third kappa shape index (κ3) is 1.51. The summed E-state index contributed by atoms with van der Waals surface area (Å²) in [5.41, 5.74) is 5.31. The fraction of sp³-hybridized carbons (Fsp3) is 0.111. The number of aromatic nitrogens is 1. The lowest BCUT2D eigenvalue weighted by molar-refractivity contribution is 0.602. The first-order valence-corrected chi connectivity index (χ1v) is 3.93. The average Bonchev–Trinajstić information content (AvgIpc) is 2.61. The van der Waals surface area contributed by atoms with E-state index in [1.807, 2.05) is 18.2 Å². The normalized spacial score (nSPS) is 11.2. The maximum absolute atomic E-state index is 5.15. The molecule has 0 amide bonds. The highest BCUT2D eigenvalue weighted by atomic mass is 16.3. The van der Waals surface area contributed by atoms with Crippen molar-refractivity contribution < 1.29 is 4.42 Å². The Labute approximate surface area is 75.3 Å². The monoisotopic (exact) mass is 175 g/mol. The molecule has 0 aliphatic carbocycles. The van der Waals surface area contributed by atoms with Gasteiger partial charge >= 0.3 is 0 Å². The fourth-order valence-electron chi connectivity index (χ4n) is 1.09. The van der Waals surface area contributed by atoms with E-state index in [2.05, 4.69) is 15.5 Å². The molecular weight excluding hydrogens is 166 g/mol. The van der Waals surface area contributed by atoms with Gasteiger partial charge in [0, 0.05) is 7.05 Å². The van der Waals surface area contributed by atoms with E-state index < -0.39 is 0 Å². The standard InChI is InChI=1S/C9H9N3O/c1-10-12-5-7-2-3-8-9(4-7)13-6-11-8/h2-6,10H,1H3. The lowest BCUT2D eigenvalue weighted by atomic mass is 10.2. The molecule has 0 radical (unpaired) electrons. The van der Waals surface area contributed by atoms with Gasteiger partial charge in [0.15, 0.2) is 12.0 Å². The summed E-state index contributed by atoms with van der Waals surface area (Å²) in [5, 5.41) is 3.90. The van der Waals surface area contributed by atoms with Gasteiger partial charge in [-0.25, -0.2) is 4.98 Å². The summed E-state index contributed by atoms with van der Waals surface area (Å²) in [6.07, 6.45) is 3.16. The molecule has 2 aromatic rings. The number of fused-ring (bicyclic) bond motifs is 1. The van der Waals surface area contributed by atoms with Gasteiger partial charge < -0.3 is 9.84 Å². The quantitative estimate of drug-likeness (QED) is 0.554. The molecule has 1 aromatic heterocycles. The predicted octanol–water partition coefficient (Wildman–Crippen LogP) is 1.38. The lowest BCUT2D eigenvalue weighted by Gasteiger charge is -1.91. The fourth-order valence-corrected chi connectivity index (χ4v) is 1.09. The minimum Gasteiger partial charge on any atom is -0.443 e. The third-order valence-corrected chi connectivity index (χ3v) is 1.70. The zero-order chi connectivity index (χ0) is 9.10. The topological polar surface area (TPSA) is 50.4 Å². The van der Waals surface area contributed by atoms with Crippen LogP contribution in [0.4, 0.5) is 0 Å². The molecule has 4 nitrogen and oxygen atoms in total. The van der Waals surface area contributed by atoms with Crippen LogP contribution in [0.15, 0.2) is 34.1 Å². The van der Waals surface area contributed by atoms with Crippen molar-refractivity contribution in [1.82, 2.24) is 10.4 Å². The molecule has 2 rings (SSSR count). The SMILES string of the molecule is CNN=Cc1ccc2ncoc2c1. The summed E-state index contributed by atoms with van der Waals surface area (Å²) in [5.74, 6) is 0. The van der Waals surface area contributed by atoms with Crippen LogP contribution in [0.3, 0.4) is 0 Å². The molecular formula is C9H9N3O. The van der Waals surface area contributed by atoms with Crippen LogP contribution >= 0.6 is 0 Å². The Bertz CT molecular complexity index is 433. The van der Waals surface area contributed by atoms with Crippen molar-refractivity contribution >= 4 is 17.3 Å². The summed E-state index contributed by atoms with van der Waals surface area (Å²) in [6, 6.07) is 5.73. The van der Waals surface area contributed by atoms with Crippen LogP contribution in [-0.4, -0.2) is 18.2 Å². The second-order valence-electron chi connectivity index (χ2n) is 2.56. The van der Waals surface area contributed by atoms with Crippen molar-refractivity contribution in [2.24, 2.45) is 5.10 Å². The van der Waals surface area contributed by atoms with Crippen LogP contribution in [0.25, 0.3) is 11.1 Å². The molecule has 1 N–H and O–H groups in total. The summed E-state index contributed by atoms with van der Waals surface area (Å²) in [6.45, 7) is 0. The lowest BCUT2D eigenvalue weighted by Crippen LogP contribution is -1.94. The first-order chi connectivity index (χ1) is 6.40. The molecule has 0 aliphatic heterocycles. The second-order valence-corrected chi connectivity index (χ2v) is 2.56. The van der Waals surface area contributed by atoms with Gasteiger partial charge in [-0.2, -0.15) is 5.10 Å². The summed E-state index contributed by atoms with van der Waals surface area (Å²) < 4.78 is 5.15. The van der Waals surface area contributed by atoms with E-state index in [-0.39, 0.29) is 0 Å². The molecule has 1 aromatic carbocycles. The van der Waals surface area contributed by atoms with Crippen LogP contribution < -0.4 is 5.43 Å². The largest absolute Gasteiger partial charge is 0.443 e. The van der Waals surface area contributed by atoms with E-state index >= 15 is 0 Å². The third-order valence-electron chi connectivity index (χ3n) is 1.70. The number of benzene rings is 1. The zero-order valence-electron chi connectivity index (χ0n) is 7.19. The first kappa shape index (κ1) is 7.79. The minimum absolute atomic E-state index is 0.778. The van der Waals surface area contributed by atoms with Gasteiger partial charge in [-0.1, -0.05) is 6.07 Å². The maximum atomic E-state index is 5.15. The van der Waals surface area contributed by atoms with Gasteiger partial charge in [0.25, 0.3) is 0 Å². The number of nitrogens with one attached hydrogen (secondary N) is 1. The Morgan fingerprint density at radius 1 is 1.54 bits per heavy atom. The number of nitrogens with zero attached hydrogens (tertiary/aromatic N) is 2. The number of oxazole rings is 1. The van der Waals surface area contributed by atoms with Crippen molar-refractivity contribution in [3.63, 3.8) is 0 Å². The van der Waals surface area contributed by atoms with Crippen molar-refractivity contribution in [3.8, 4) is 0 Å². The van der Waals surface area contributed by atoms with Crippen LogP contribution in [0.5, 0.6) is 0 Å². The Morgan fingerprint density at radius 3 is 3.31 bits per heavy atom. The van der Waals surface area contributed by atoms with Crippen LogP contribution in [-0.2, 0) is 0 Å². The molecule has 0 saturated heterocycles. The van der Waals surface area contributed by atoms with Crippen LogP contribution in [0.1, 0.15) is 5.56 Å². The Balaban J connectivity index is 2.42. The van der Waals surface area contributed by atoms with Crippen molar-refractivity contribution in [3.05, 3.63) is 30.2 Å². The number of hydrogen-bond acceptors (Lipinski definition) is 4. The minimum atomic E-state index is 0.778. The van der Waals surface area contributed by atoms with E-state index in [1.165, 1.54) is 6.39 Å². The molecule has 0 aliphatic rings. The highest BCUT2D eigenvalue weighted by Crippen LogP contribution is 2.12. The predicted molar refractivity (Wildman–Crippen MR) is 50.7 cm³/mol. The van der Waals surface area contributed by atoms with E-state index in [0.717, 1.165) is 16.7 Å². The smallest absolute Gasteiger partial charge is 0.181 e. The van der Waals surface area contributed by atoms with Gasteiger partial charge in [0.1, 0.15) is 5.52 Å². The summed E-state index contributed by atoms with van der Waals surface area (Å²) >= 11 is 0. The second kappa shape index (κ2) is 3.26. The van der Waals surface area contributed by atoms with Crippen LogP contribution in [0.2, 0.25) is 0 Å². The Morgan fingerprint density at radius 2 is 2.46 bits per heavy atom. The number of rotatable bonds is 2. The van der Waals surface area contributed by atoms with Gasteiger partial charge in [-0.05, 0) is 17.7 Å². The number of hydrogen-bond donors (Lipinski definition) is 1. The maximum Gasteiger partial charge on any atom is 0.181 e. The van der Waals surface area contributed by atoms with E-state index in [1.54, 1.807) is 13.3 Å². The number of hydrazone groups is 1. The van der Waals surface area contributed by atoms with Crippen molar-refractivity contribution in [1.29, 1.82) is 0 Å². The molecule has 4 heteroatoms. The van der Waals surface area contributed by atoms with Gasteiger partial charge in [-0.15, -0.1) is 0 Å². The molecule has 0 fully saturated rings. The molecule has 0 bridgehead atoms. The molecule has 0 saturated carbocycles. The van der Waals surface area contributed by atoms with Gasteiger partial charge in [0.2, 0.25) is 0 Å². The van der Waals surface area contributed by atoms with E-state index in [9.17, 15) is 0 Å². The molecule has 1 heterocycles. The van der Waals surface area contributed by atoms with Crippen LogP contribution in [0, 0.1) is 0 Å². The summed E-state index contributed by atoms with van der Waals surface area (Å²) in [4.78, 5) is 4.01. The van der Waals surface area contributed by atoms with E-state index in [0.29, 0.717) is 0 Å². The molecule has 0 spiro atoms. The molecule has 13 heavy (non-hydrogen) atoms. The van der Waals surface area contributed by atoms with Crippen molar-refractivity contribution in [2.75, 3.05) is 7.05 Å². The van der Waals surface area contributed by atoms with Gasteiger partial charge in [-0.3, -0.25) is 0 Å². The summed E-state index contributed by atoms with van der Waals surface area (Å²) in [7, 11) is 1.75. The molecule has 0 unspecified atom stereocenters. The zero-order valence-corrected chi connectivity index (χ0v) is 7.19. The highest BCUT2D eigenvalue weighted by molar-refractivity contribution is 5.85. The first-order valence-electron chi connectivity index (χ1n) is 3.93. The molecule has 66 valence electrons. The average molecular weight is 175 g/mol. The Hall–Kier alpha value is -1.84. The van der Waals surface area contributed by atoms with Crippen molar-refractivity contribution in [2.45, 2.75) is 0 Å². The highest BCUT2D eigenvalue weighted by Gasteiger charge is 1.97. The Kier molecular flexibility index (Phi) is 1.96. The molecule has 0 atom stereocenters.